The highest BCUT2D eigenvalue weighted by Gasteiger charge is 1.91. The number of nitrogens with two attached hydrogens (primary N) is 2. The highest BCUT2D eigenvalue weighted by molar-refractivity contribution is 5.69. The van der Waals surface area contributed by atoms with Crippen molar-refractivity contribution in [2.75, 3.05) is 6.54 Å². The van der Waals surface area contributed by atoms with Crippen LogP contribution in [0.4, 0.5) is 0 Å². The molecule has 1 aromatic carbocycles. The van der Waals surface area contributed by atoms with Gasteiger partial charge in [-0.05, 0) is 18.4 Å². The summed E-state index contributed by atoms with van der Waals surface area (Å²) >= 11 is 0. The van der Waals surface area contributed by atoms with Crippen molar-refractivity contribution in [3.8, 4) is 0 Å². The third-order valence-electron chi connectivity index (χ3n) is 1.81. The van der Waals surface area contributed by atoms with Crippen LogP contribution in [0.25, 0.3) is 0 Å². The second-order valence-electron chi connectivity index (χ2n) is 2.97. The first kappa shape index (κ1) is 9.58. The predicted octanol–water partition coefficient (Wildman–Crippen LogP) is -1.03. The van der Waals surface area contributed by atoms with Gasteiger partial charge in [0.2, 0.25) is 0 Å². The fourth-order valence-electron chi connectivity index (χ4n) is 1.17. The average Bonchev–Trinajstić information content (AvgIpc) is 2.14. The van der Waals surface area contributed by atoms with Gasteiger partial charge in [0.1, 0.15) is 0 Å². The second-order valence-corrected chi connectivity index (χ2v) is 2.97. The lowest BCUT2D eigenvalue weighted by Gasteiger charge is -1.97. The summed E-state index contributed by atoms with van der Waals surface area (Å²) in [7, 11) is 0. The molecule has 0 aliphatic carbocycles. The van der Waals surface area contributed by atoms with E-state index < -0.39 is 0 Å². The summed E-state index contributed by atoms with van der Waals surface area (Å²) in [6, 6.07) is 10.4. The van der Waals surface area contributed by atoms with Gasteiger partial charge in [-0.3, -0.25) is 16.5 Å². The van der Waals surface area contributed by atoms with Gasteiger partial charge in [-0.1, -0.05) is 30.3 Å². The fourth-order valence-corrected chi connectivity index (χ4v) is 1.17. The molecule has 1 aromatic rings. The van der Waals surface area contributed by atoms with Crippen molar-refractivity contribution in [3.05, 3.63) is 35.9 Å². The molecule has 70 valence electrons. The number of guanidine groups is 1. The molecule has 5 N–H and O–H groups in total. The van der Waals surface area contributed by atoms with Gasteiger partial charge >= 0.3 is 5.96 Å². The van der Waals surface area contributed by atoms with E-state index in [0.717, 1.165) is 19.4 Å². The van der Waals surface area contributed by atoms with E-state index in [1.165, 1.54) is 5.56 Å². The van der Waals surface area contributed by atoms with Crippen molar-refractivity contribution in [2.45, 2.75) is 12.8 Å². The Bertz CT molecular complexity index is 263. The van der Waals surface area contributed by atoms with E-state index in [9.17, 15) is 0 Å². The number of benzene rings is 1. The molecule has 0 heterocycles. The van der Waals surface area contributed by atoms with E-state index in [1.54, 1.807) is 0 Å². The van der Waals surface area contributed by atoms with Crippen LogP contribution in [0, 0.1) is 0 Å². The van der Waals surface area contributed by atoms with Crippen LogP contribution < -0.4 is 16.5 Å². The summed E-state index contributed by atoms with van der Waals surface area (Å²) in [5.41, 5.74) is 11.9. The largest absolute Gasteiger partial charge is 0.338 e. The first-order valence-corrected chi connectivity index (χ1v) is 4.45. The number of aryl methyl sites for hydroxylation is 1. The first-order chi connectivity index (χ1) is 6.29. The van der Waals surface area contributed by atoms with Gasteiger partial charge in [0.25, 0.3) is 0 Å². The molecule has 0 amide bonds. The molecule has 3 nitrogen and oxygen atoms in total. The van der Waals surface area contributed by atoms with E-state index in [0.29, 0.717) is 5.96 Å². The Hall–Kier alpha value is -1.51. The standard InChI is InChI=1S/C10H15N3/c11-10(12)13-8-4-7-9-5-2-1-3-6-9/h1-3,5-6H,4,7-8H2,(H4,11,12,13)/p+1. The summed E-state index contributed by atoms with van der Waals surface area (Å²) in [4.78, 5) is 2.89. The molecular formula is C10H16N3+. The lowest BCUT2D eigenvalue weighted by molar-refractivity contribution is -0.459. The van der Waals surface area contributed by atoms with Crippen LogP contribution in [0.5, 0.6) is 0 Å². The van der Waals surface area contributed by atoms with Gasteiger partial charge in [-0.15, -0.1) is 0 Å². The van der Waals surface area contributed by atoms with Crippen LogP contribution in [0.3, 0.4) is 0 Å². The summed E-state index contributed by atoms with van der Waals surface area (Å²) < 4.78 is 0. The molecule has 0 bridgehead atoms. The van der Waals surface area contributed by atoms with Crippen LogP contribution in [0.2, 0.25) is 0 Å². The van der Waals surface area contributed by atoms with Crippen molar-refractivity contribution in [3.63, 3.8) is 0 Å². The number of hydrogen-bond acceptors (Lipinski definition) is 0. The van der Waals surface area contributed by atoms with Crippen LogP contribution in [-0.4, -0.2) is 12.5 Å². The Morgan fingerprint density at radius 1 is 1.15 bits per heavy atom. The molecule has 0 atom stereocenters. The molecule has 0 radical (unpaired) electrons. The molecule has 1 rings (SSSR count). The van der Waals surface area contributed by atoms with Gasteiger partial charge in [-0.25, -0.2) is 0 Å². The fraction of sp³-hybridized carbons (Fsp3) is 0.300. The van der Waals surface area contributed by atoms with Crippen LogP contribution in [-0.2, 0) is 6.42 Å². The van der Waals surface area contributed by atoms with Crippen molar-refractivity contribution >= 4 is 5.96 Å². The van der Waals surface area contributed by atoms with Crippen molar-refractivity contribution < 1.29 is 4.99 Å². The number of hydrogen-bond donors (Lipinski definition) is 3. The SMILES string of the molecule is NC(N)=[NH+]CCCc1ccccc1. The minimum Gasteiger partial charge on any atom is -0.291 e. The molecule has 0 unspecified atom stereocenters. The summed E-state index contributed by atoms with van der Waals surface area (Å²) in [6.45, 7) is 0.831. The molecule has 3 heteroatoms. The molecule has 0 aliphatic heterocycles. The summed E-state index contributed by atoms with van der Waals surface area (Å²) in [5, 5.41) is 0. The van der Waals surface area contributed by atoms with Crippen molar-refractivity contribution in [2.24, 2.45) is 11.5 Å². The molecule has 0 aromatic heterocycles. The smallest absolute Gasteiger partial charge is 0.291 e. The minimum absolute atomic E-state index is 0.299. The van der Waals surface area contributed by atoms with Crippen molar-refractivity contribution in [1.82, 2.24) is 0 Å². The van der Waals surface area contributed by atoms with Crippen molar-refractivity contribution in [1.29, 1.82) is 0 Å². The van der Waals surface area contributed by atoms with E-state index in [4.69, 9.17) is 11.5 Å². The predicted molar refractivity (Wildman–Crippen MR) is 54.0 cm³/mol. The van der Waals surface area contributed by atoms with E-state index >= 15 is 0 Å². The van der Waals surface area contributed by atoms with Gasteiger partial charge in [0.05, 0.1) is 6.54 Å². The maximum atomic E-state index is 5.26. The van der Waals surface area contributed by atoms with Crippen LogP contribution in [0.15, 0.2) is 30.3 Å². The topological polar surface area (TPSA) is 66.0 Å². The maximum Gasteiger partial charge on any atom is 0.338 e. The van der Waals surface area contributed by atoms with E-state index in [2.05, 4.69) is 17.1 Å². The monoisotopic (exact) mass is 178 g/mol. The number of rotatable bonds is 4. The molecule has 0 aliphatic rings. The Kier molecular flexibility index (Phi) is 3.82. The normalized spacial score (nSPS) is 9.54. The van der Waals surface area contributed by atoms with E-state index in [-0.39, 0.29) is 0 Å². The molecule has 0 fully saturated rings. The minimum atomic E-state index is 0.299. The highest BCUT2D eigenvalue weighted by Crippen LogP contribution is 2.00. The zero-order valence-electron chi connectivity index (χ0n) is 7.66. The third-order valence-corrected chi connectivity index (χ3v) is 1.81. The van der Waals surface area contributed by atoms with Gasteiger partial charge in [0.15, 0.2) is 0 Å². The van der Waals surface area contributed by atoms with Gasteiger partial charge in [-0.2, -0.15) is 0 Å². The summed E-state index contributed by atoms with van der Waals surface area (Å²) in [5.74, 6) is 0.299. The first-order valence-electron chi connectivity index (χ1n) is 4.45. The Labute approximate surface area is 78.5 Å². The Balaban J connectivity index is 2.25. The molecule has 13 heavy (non-hydrogen) atoms. The van der Waals surface area contributed by atoms with Crippen LogP contribution >= 0.6 is 0 Å². The molecular weight excluding hydrogens is 162 g/mol. The maximum absolute atomic E-state index is 5.26. The number of nitrogens with one attached hydrogen (secondary N) is 1. The third kappa shape index (κ3) is 4.15. The lowest BCUT2D eigenvalue weighted by Crippen LogP contribution is -2.78. The quantitative estimate of drug-likeness (QED) is 0.314. The lowest BCUT2D eigenvalue weighted by atomic mass is 10.1. The molecule has 0 saturated carbocycles. The van der Waals surface area contributed by atoms with E-state index in [1.807, 2.05) is 18.2 Å². The Morgan fingerprint density at radius 3 is 2.46 bits per heavy atom. The van der Waals surface area contributed by atoms with Crippen LogP contribution in [0.1, 0.15) is 12.0 Å². The zero-order valence-corrected chi connectivity index (χ0v) is 7.66. The summed E-state index contributed by atoms with van der Waals surface area (Å²) in [6.07, 6.45) is 2.10. The molecule has 0 saturated heterocycles. The average molecular weight is 178 g/mol. The zero-order chi connectivity index (χ0) is 9.52. The molecule has 0 spiro atoms. The second kappa shape index (κ2) is 5.19. The highest BCUT2D eigenvalue weighted by atomic mass is 15.0. The Morgan fingerprint density at radius 2 is 1.85 bits per heavy atom. The van der Waals surface area contributed by atoms with Gasteiger partial charge in [0, 0.05) is 0 Å². The van der Waals surface area contributed by atoms with Gasteiger partial charge < -0.3 is 0 Å².